The Morgan fingerprint density at radius 3 is 2.85 bits per heavy atom. The summed E-state index contributed by atoms with van der Waals surface area (Å²) in [6, 6.07) is 9.95. The van der Waals surface area contributed by atoms with Crippen LogP contribution in [0, 0.1) is 3.57 Å². The van der Waals surface area contributed by atoms with Gasteiger partial charge in [0.25, 0.3) is 0 Å². The summed E-state index contributed by atoms with van der Waals surface area (Å²) in [5.74, 6) is 0.665. The molecule has 100 valence electrons. The van der Waals surface area contributed by atoms with E-state index >= 15 is 0 Å². The minimum Gasteiger partial charge on any atom is -0.256 e. The Labute approximate surface area is 135 Å². The van der Waals surface area contributed by atoms with Crippen molar-refractivity contribution in [2.75, 3.05) is 0 Å². The third kappa shape index (κ3) is 2.50. The topological polar surface area (TPSA) is 38.7 Å². The van der Waals surface area contributed by atoms with Gasteiger partial charge >= 0.3 is 0 Å². The summed E-state index contributed by atoms with van der Waals surface area (Å²) >= 11 is 8.38. The fraction of sp³-hybridized carbons (Fsp3) is 0.133. The van der Waals surface area contributed by atoms with E-state index in [9.17, 15) is 0 Å². The highest BCUT2D eigenvalue weighted by atomic mass is 127. The van der Waals surface area contributed by atoms with E-state index in [0.29, 0.717) is 11.0 Å². The van der Waals surface area contributed by atoms with Gasteiger partial charge in [-0.1, -0.05) is 24.6 Å². The first kappa shape index (κ1) is 13.7. The van der Waals surface area contributed by atoms with E-state index in [1.165, 1.54) is 0 Å². The highest BCUT2D eigenvalue weighted by Gasteiger charge is 2.11. The maximum absolute atomic E-state index is 6.19. The van der Waals surface area contributed by atoms with Crippen molar-refractivity contribution in [2.45, 2.75) is 13.3 Å². The summed E-state index contributed by atoms with van der Waals surface area (Å²) in [6.45, 7) is 2.06. The van der Waals surface area contributed by atoms with Gasteiger partial charge < -0.3 is 0 Å². The van der Waals surface area contributed by atoms with Crippen LogP contribution in [0.4, 0.5) is 0 Å². The highest BCUT2D eigenvalue weighted by Crippen LogP contribution is 2.26. The number of aryl methyl sites for hydroxylation is 1. The summed E-state index contributed by atoms with van der Waals surface area (Å²) in [4.78, 5) is 13.3. The van der Waals surface area contributed by atoms with Gasteiger partial charge in [0.15, 0.2) is 5.82 Å². The molecular formula is C15H11ClIN3. The van der Waals surface area contributed by atoms with E-state index in [2.05, 4.69) is 44.5 Å². The Balaban J connectivity index is 2.17. The van der Waals surface area contributed by atoms with Gasteiger partial charge in [0, 0.05) is 17.1 Å². The standard InChI is InChI=1S/C15H11ClIN3/c1-2-11-13(17)14(16)20-15(19-11)10-5-6-12-9(8-10)4-3-7-18-12/h3-8H,2H2,1H3. The van der Waals surface area contributed by atoms with Gasteiger partial charge in [-0.25, -0.2) is 9.97 Å². The number of fused-ring (bicyclic) bond motifs is 1. The molecule has 2 heterocycles. The number of hydrogen-bond acceptors (Lipinski definition) is 3. The van der Waals surface area contributed by atoms with Crippen molar-refractivity contribution in [1.82, 2.24) is 15.0 Å². The van der Waals surface area contributed by atoms with Crippen molar-refractivity contribution in [3.63, 3.8) is 0 Å². The maximum atomic E-state index is 6.19. The SMILES string of the molecule is CCc1nc(-c2ccc3ncccc3c2)nc(Cl)c1I. The molecule has 0 aliphatic carbocycles. The maximum Gasteiger partial charge on any atom is 0.161 e. The number of benzene rings is 1. The number of nitrogens with zero attached hydrogens (tertiary/aromatic N) is 3. The fourth-order valence-electron chi connectivity index (χ4n) is 2.04. The molecule has 1 aromatic carbocycles. The molecule has 0 fully saturated rings. The van der Waals surface area contributed by atoms with Crippen LogP contribution >= 0.6 is 34.2 Å². The molecule has 0 atom stereocenters. The van der Waals surface area contributed by atoms with Crippen molar-refractivity contribution < 1.29 is 0 Å². The van der Waals surface area contributed by atoms with E-state index < -0.39 is 0 Å². The van der Waals surface area contributed by atoms with Crippen molar-refractivity contribution in [3.8, 4) is 11.4 Å². The summed E-state index contributed by atoms with van der Waals surface area (Å²) in [7, 11) is 0. The van der Waals surface area contributed by atoms with Crippen molar-refractivity contribution in [3.05, 3.63) is 50.9 Å². The molecule has 0 N–H and O–H groups in total. The Morgan fingerprint density at radius 2 is 2.05 bits per heavy atom. The van der Waals surface area contributed by atoms with Crippen LogP contribution in [-0.2, 0) is 6.42 Å². The molecule has 0 spiro atoms. The zero-order valence-corrected chi connectivity index (χ0v) is 13.7. The second-order valence-corrected chi connectivity index (χ2v) is 5.80. The van der Waals surface area contributed by atoms with Crippen LogP contribution in [0.25, 0.3) is 22.3 Å². The molecule has 3 rings (SSSR count). The second kappa shape index (κ2) is 5.61. The van der Waals surface area contributed by atoms with Gasteiger partial charge in [0.05, 0.1) is 14.8 Å². The largest absolute Gasteiger partial charge is 0.256 e. The van der Waals surface area contributed by atoms with Gasteiger partial charge in [-0.15, -0.1) is 0 Å². The zero-order chi connectivity index (χ0) is 14.1. The number of halogens is 2. The monoisotopic (exact) mass is 395 g/mol. The van der Waals surface area contributed by atoms with Gasteiger partial charge in [-0.3, -0.25) is 4.98 Å². The average molecular weight is 396 g/mol. The van der Waals surface area contributed by atoms with Crippen LogP contribution < -0.4 is 0 Å². The van der Waals surface area contributed by atoms with E-state index in [4.69, 9.17) is 11.6 Å². The lowest BCUT2D eigenvalue weighted by Crippen LogP contribution is -1.99. The number of pyridine rings is 1. The lowest BCUT2D eigenvalue weighted by atomic mass is 10.1. The molecule has 2 aromatic heterocycles. The summed E-state index contributed by atoms with van der Waals surface area (Å²) in [5.41, 5.74) is 2.90. The van der Waals surface area contributed by atoms with Crippen molar-refractivity contribution >= 4 is 45.1 Å². The number of aromatic nitrogens is 3. The smallest absolute Gasteiger partial charge is 0.161 e. The van der Waals surface area contributed by atoms with Gasteiger partial charge in [-0.05, 0) is 53.3 Å². The van der Waals surface area contributed by atoms with E-state index in [-0.39, 0.29) is 0 Å². The summed E-state index contributed by atoms with van der Waals surface area (Å²) in [6.07, 6.45) is 2.62. The molecule has 0 aliphatic rings. The molecule has 20 heavy (non-hydrogen) atoms. The Morgan fingerprint density at radius 1 is 1.20 bits per heavy atom. The van der Waals surface area contributed by atoms with Gasteiger partial charge in [-0.2, -0.15) is 0 Å². The molecular weight excluding hydrogens is 385 g/mol. The third-order valence-corrected chi connectivity index (χ3v) is 4.80. The molecule has 0 unspecified atom stereocenters. The number of hydrogen-bond donors (Lipinski definition) is 0. The lowest BCUT2D eigenvalue weighted by molar-refractivity contribution is 0.989. The average Bonchev–Trinajstić information content (AvgIpc) is 2.49. The minimum absolute atomic E-state index is 0.513. The van der Waals surface area contributed by atoms with Crippen molar-refractivity contribution in [2.24, 2.45) is 0 Å². The Bertz CT molecular complexity index is 789. The minimum atomic E-state index is 0.513. The summed E-state index contributed by atoms with van der Waals surface area (Å²) in [5, 5.41) is 1.58. The van der Waals surface area contributed by atoms with Crippen LogP contribution in [0.15, 0.2) is 36.5 Å². The van der Waals surface area contributed by atoms with E-state index in [1.54, 1.807) is 6.20 Å². The molecule has 3 nitrogen and oxygen atoms in total. The quantitative estimate of drug-likeness (QED) is 0.473. The fourth-order valence-corrected chi connectivity index (χ4v) is 2.85. The molecule has 0 bridgehead atoms. The van der Waals surface area contributed by atoms with Crippen molar-refractivity contribution in [1.29, 1.82) is 0 Å². The van der Waals surface area contributed by atoms with E-state index in [1.807, 2.05) is 30.3 Å². The zero-order valence-electron chi connectivity index (χ0n) is 10.8. The van der Waals surface area contributed by atoms with Crippen LogP contribution in [0.2, 0.25) is 5.15 Å². The van der Waals surface area contributed by atoms with Gasteiger partial charge in [0.2, 0.25) is 0 Å². The predicted molar refractivity (Wildman–Crippen MR) is 89.9 cm³/mol. The molecule has 0 radical (unpaired) electrons. The normalized spacial score (nSPS) is 10.9. The molecule has 3 aromatic rings. The first-order chi connectivity index (χ1) is 9.69. The van der Waals surface area contributed by atoms with Crippen LogP contribution in [-0.4, -0.2) is 15.0 Å². The second-order valence-electron chi connectivity index (χ2n) is 4.36. The Kier molecular flexibility index (Phi) is 3.85. The predicted octanol–water partition coefficient (Wildman–Crippen LogP) is 4.51. The van der Waals surface area contributed by atoms with E-state index in [0.717, 1.165) is 32.2 Å². The molecule has 0 saturated carbocycles. The molecule has 0 amide bonds. The lowest BCUT2D eigenvalue weighted by Gasteiger charge is -2.07. The van der Waals surface area contributed by atoms with Crippen LogP contribution in [0.1, 0.15) is 12.6 Å². The Hall–Kier alpha value is -1.27. The van der Waals surface area contributed by atoms with Crippen LogP contribution in [0.3, 0.4) is 0 Å². The van der Waals surface area contributed by atoms with Crippen LogP contribution in [0.5, 0.6) is 0 Å². The molecule has 5 heteroatoms. The third-order valence-electron chi connectivity index (χ3n) is 3.08. The summed E-state index contributed by atoms with van der Waals surface area (Å²) < 4.78 is 0.929. The number of rotatable bonds is 2. The first-order valence-electron chi connectivity index (χ1n) is 6.26. The van der Waals surface area contributed by atoms with Gasteiger partial charge in [0.1, 0.15) is 5.15 Å². The molecule has 0 saturated heterocycles. The first-order valence-corrected chi connectivity index (χ1v) is 7.71. The molecule has 0 aliphatic heterocycles. The highest BCUT2D eigenvalue weighted by molar-refractivity contribution is 14.1.